The molecule has 0 radical (unpaired) electrons. The van der Waals surface area contributed by atoms with Crippen LogP contribution in [-0.4, -0.2) is 25.2 Å². The van der Waals surface area contributed by atoms with E-state index >= 15 is 0 Å². The normalized spacial score (nSPS) is 23.5. The molecule has 0 spiro atoms. The molecular formula is C16H23BrF2N2. The molecule has 1 heterocycles. The molecule has 0 bridgehead atoms. The Hall–Kier alpha value is -0.680. The SMILES string of the molecule is CCC1CNC(C(C)(C)C)CN1c1c(F)cc(F)cc1Br. The average Bonchev–Trinajstić information content (AvgIpc) is 2.36. The summed E-state index contributed by atoms with van der Waals surface area (Å²) in [6.07, 6.45) is 0.910. The van der Waals surface area contributed by atoms with Crippen LogP contribution in [0.4, 0.5) is 14.5 Å². The van der Waals surface area contributed by atoms with Gasteiger partial charge in [0.15, 0.2) is 5.82 Å². The Labute approximate surface area is 134 Å². The van der Waals surface area contributed by atoms with Gasteiger partial charge < -0.3 is 10.2 Å². The van der Waals surface area contributed by atoms with Gasteiger partial charge >= 0.3 is 0 Å². The Morgan fingerprint density at radius 1 is 1.33 bits per heavy atom. The van der Waals surface area contributed by atoms with Crippen molar-refractivity contribution in [2.75, 3.05) is 18.0 Å². The maximum absolute atomic E-state index is 14.3. The van der Waals surface area contributed by atoms with Gasteiger partial charge in [0.2, 0.25) is 0 Å². The van der Waals surface area contributed by atoms with E-state index in [1.54, 1.807) is 0 Å². The van der Waals surface area contributed by atoms with Crippen LogP contribution >= 0.6 is 15.9 Å². The van der Waals surface area contributed by atoms with E-state index in [4.69, 9.17) is 0 Å². The van der Waals surface area contributed by atoms with Gasteiger partial charge in [-0.25, -0.2) is 8.78 Å². The molecule has 1 aliphatic rings. The highest BCUT2D eigenvalue weighted by Crippen LogP contribution is 2.35. The van der Waals surface area contributed by atoms with Gasteiger partial charge in [0.1, 0.15) is 5.82 Å². The standard InChI is InChI=1S/C16H23BrF2N2/c1-5-11-8-20-14(16(2,3)4)9-21(11)15-12(17)6-10(18)7-13(15)19/h6-7,11,14,20H,5,8-9H2,1-4H3. The molecule has 0 aromatic heterocycles. The minimum Gasteiger partial charge on any atom is -0.362 e. The molecule has 1 aromatic carbocycles. The van der Waals surface area contributed by atoms with Crippen molar-refractivity contribution >= 4 is 21.6 Å². The van der Waals surface area contributed by atoms with Gasteiger partial charge in [-0.1, -0.05) is 27.7 Å². The summed E-state index contributed by atoms with van der Waals surface area (Å²) in [5.41, 5.74) is 0.555. The lowest BCUT2D eigenvalue weighted by atomic mass is 9.84. The Balaban J connectivity index is 2.38. The molecule has 1 saturated heterocycles. The lowest BCUT2D eigenvalue weighted by Crippen LogP contribution is -2.60. The van der Waals surface area contributed by atoms with E-state index < -0.39 is 11.6 Å². The molecule has 1 aromatic rings. The lowest BCUT2D eigenvalue weighted by Gasteiger charge is -2.46. The van der Waals surface area contributed by atoms with E-state index in [0.29, 0.717) is 16.7 Å². The number of halogens is 3. The number of nitrogens with one attached hydrogen (secondary N) is 1. The van der Waals surface area contributed by atoms with Gasteiger partial charge in [-0.2, -0.15) is 0 Å². The molecule has 1 N–H and O–H groups in total. The summed E-state index contributed by atoms with van der Waals surface area (Å²) in [5, 5.41) is 3.56. The third-order valence-electron chi connectivity index (χ3n) is 4.21. The lowest BCUT2D eigenvalue weighted by molar-refractivity contribution is 0.233. The van der Waals surface area contributed by atoms with Crippen molar-refractivity contribution in [2.24, 2.45) is 5.41 Å². The Morgan fingerprint density at radius 3 is 2.52 bits per heavy atom. The summed E-state index contributed by atoms with van der Waals surface area (Å²) >= 11 is 3.32. The number of nitrogens with zero attached hydrogens (tertiary/aromatic N) is 1. The van der Waals surface area contributed by atoms with Crippen LogP contribution < -0.4 is 10.2 Å². The monoisotopic (exact) mass is 360 g/mol. The minimum atomic E-state index is -0.557. The summed E-state index contributed by atoms with van der Waals surface area (Å²) < 4.78 is 28.1. The van der Waals surface area contributed by atoms with Crippen molar-refractivity contribution in [3.05, 3.63) is 28.2 Å². The van der Waals surface area contributed by atoms with Gasteiger partial charge in [-0.3, -0.25) is 0 Å². The number of rotatable bonds is 2. The zero-order valence-electron chi connectivity index (χ0n) is 13.0. The third kappa shape index (κ3) is 3.57. The largest absolute Gasteiger partial charge is 0.362 e. The topological polar surface area (TPSA) is 15.3 Å². The van der Waals surface area contributed by atoms with E-state index in [9.17, 15) is 8.78 Å². The van der Waals surface area contributed by atoms with Crippen LogP contribution in [0, 0.1) is 17.0 Å². The number of hydrogen-bond donors (Lipinski definition) is 1. The molecule has 2 atom stereocenters. The first-order valence-electron chi connectivity index (χ1n) is 7.38. The van der Waals surface area contributed by atoms with E-state index in [2.05, 4.69) is 53.8 Å². The van der Waals surface area contributed by atoms with E-state index in [0.717, 1.165) is 19.0 Å². The first kappa shape index (κ1) is 16.7. The second-order valence-corrected chi connectivity index (χ2v) is 7.61. The van der Waals surface area contributed by atoms with Crippen molar-refractivity contribution in [2.45, 2.75) is 46.2 Å². The molecule has 1 fully saturated rings. The fraction of sp³-hybridized carbons (Fsp3) is 0.625. The Kier molecular flexibility index (Phi) is 4.93. The van der Waals surface area contributed by atoms with Crippen molar-refractivity contribution in [1.29, 1.82) is 0 Å². The molecule has 5 heteroatoms. The van der Waals surface area contributed by atoms with Crippen molar-refractivity contribution in [1.82, 2.24) is 5.32 Å². The predicted molar refractivity (Wildman–Crippen MR) is 86.7 cm³/mol. The molecule has 2 nitrogen and oxygen atoms in total. The fourth-order valence-electron chi connectivity index (χ4n) is 2.83. The predicted octanol–water partition coefficient (Wildman–Crippen LogP) is 4.33. The maximum atomic E-state index is 14.3. The van der Waals surface area contributed by atoms with Gasteiger partial charge in [0.25, 0.3) is 0 Å². The van der Waals surface area contributed by atoms with Gasteiger partial charge in [-0.15, -0.1) is 0 Å². The average molecular weight is 361 g/mol. The first-order valence-corrected chi connectivity index (χ1v) is 8.18. The summed E-state index contributed by atoms with van der Waals surface area (Å²) in [6, 6.07) is 2.76. The Bertz CT molecular complexity index is 490. The molecule has 0 aliphatic carbocycles. The van der Waals surface area contributed by atoms with Crippen LogP contribution in [0.25, 0.3) is 0 Å². The van der Waals surface area contributed by atoms with Gasteiger partial charge in [0.05, 0.1) is 5.69 Å². The Morgan fingerprint density at radius 2 is 2.00 bits per heavy atom. The summed E-state index contributed by atoms with van der Waals surface area (Å²) in [4.78, 5) is 2.07. The second-order valence-electron chi connectivity index (χ2n) is 6.76. The number of piperazine rings is 1. The fourth-order valence-corrected chi connectivity index (χ4v) is 3.46. The summed E-state index contributed by atoms with van der Waals surface area (Å²) in [7, 11) is 0. The van der Waals surface area contributed by atoms with Crippen LogP contribution in [-0.2, 0) is 0 Å². The molecule has 0 amide bonds. The van der Waals surface area contributed by atoms with Crippen LogP contribution in [0.1, 0.15) is 34.1 Å². The van der Waals surface area contributed by atoms with Crippen molar-refractivity contribution in [3.8, 4) is 0 Å². The minimum absolute atomic E-state index is 0.0833. The quantitative estimate of drug-likeness (QED) is 0.844. The smallest absolute Gasteiger partial charge is 0.150 e. The van der Waals surface area contributed by atoms with Crippen LogP contribution in [0.15, 0.2) is 16.6 Å². The number of benzene rings is 1. The van der Waals surface area contributed by atoms with Crippen LogP contribution in [0.2, 0.25) is 0 Å². The number of hydrogen-bond acceptors (Lipinski definition) is 2. The van der Waals surface area contributed by atoms with Crippen molar-refractivity contribution < 1.29 is 8.78 Å². The van der Waals surface area contributed by atoms with E-state index in [-0.39, 0.29) is 17.5 Å². The molecule has 2 rings (SSSR count). The zero-order valence-corrected chi connectivity index (χ0v) is 14.6. The molecule has 1 aliphatic heterocycles. The first-order chi connectivity index (χ1) is 9.74. The molecule has 2 unspecified atom stereocenters. The molecule has 21 heavy (non-hydrogen) atoms. The maximum Gasteiger partial charge on any atom is 0.150 e. The summed E-state index contributed by atoms with van der Waals surface area (Å²) in [5.74, 6) is -1.06. The van der Waals surface area contributed by atoms with E-state index in [1.165, 1.54) is 6.07 Å². The van der Waals surface area contributed by atoms with Gasteiger partial charge in [-0.05, 0) is 33.8 Å². The molecule has 118 valence electrons. The molecule has 0 saturated carbocycles. The third-order valence-corrected chi connectivity index (χ3v) is 4.81. The zero-order chi connectivity index (χ0) is 15.8. The number of anilines is 1. The summed E-state index contributed by atoms with van der Waals surface area (Å²) in [6.45, 7) is 10.1. The highest BCUT2D eigenvalue weighted by atomic mass is 79.9. The molecular weight excluding hydrogens is 338 g/mol. The highest BCUT2D eigenvalue weighted by Gasteiger charge is 2.35. The highest BCUT2D eigenvalue weighted by molar-refractivity contribution is 9.10. The van der Waals surface area contributed by atoms with Crippen molar-refractivity contribution in [3.63, 3.8) is 0 Å². The van der Waals surface area contributed by atoms with Crippen LogP contribution in [0.5, 0.6) is 0 Å². The second kappa shape index (κ2) is 6.21. The van der Waals surface area contributed by atoms with Crippen LogP contribution in [0.3, 0.4) is 0 Å². The van der Waals surface area contributed by atoms with E-state index in [1.807, 2.05) is 0 Å². The van der Waals surface area contributed by atoms with Gasteiger partial charge in [0, 0.05) is 35.7 Å².